The van der Waals surface area contributed by atoms with Gasteiger partial charge in [-0.25, -0.2) is 0 Å². The summed E-state index contributed by atoms with van der Waals surface area (Å²) in [7, 11) is 0. The van der Waals surface area contributed by atoms with Gasteiger partial charge in [-0.1, -0.05) is 104 Å². The number of rotatable bonds is 22. The second kappa shape index (κ2) is 23.2. The lowest BCUT2D eigenvalue weighted by atomic mass is 10.1. The van der Waals surface area contributed by atoms with Crippen LogP contribution in [0.3, 0.4) is 0 Å². The highest BCUT2D eigenvalue weighted by Gasteiger charge is 1.97. The second-order valence-corrected chi connectivity index (χ2v) is 7.63. The van der Waals surface area contributed by atoms with Crippen molar-refractivity contribution in [2.24, 2.45) is 0 Å². The van der Waals surface area contributed by atoms with Crippen LogP contribution in [0.5, 0.6) is 0 Å². The fourth-order valence-electron chi connectivity index (χ4n) is 3.17. The fourth-order valence-corrected chi connectivity index (χ4v) is 3.17. The molecule has 0 unspecified atom stereocenters. The molecule has 0 rings (SSSR count). The maximum Gasteiger partial charge on any atom is 0.189 e. The summed E-state index contributed by atoms with van der Waals surface area (Å²) in [6.07, 6.45) is 24.4. The van der Waals surface area contributed by atoms with Crippen molar-refractivity contribution in [1.29, 1.82) is 0 Å². The van der Waals surface area contributed by atoms with E-state index in [1.54, 1.807) is 0 Å². The normalized spacial score (nSPS) is 11.7. The Hall–Kier alpha value is -0.830. The highest BCUT2D eigenvalue weighted by Crippen LogP contribution is 2.11. The van der Waals surface area contributed by atoms with E-state index in [1.165, 1.54) is 89.9 Å². The molecule has 3 heteroatoms. The standard InChI is InChI=1S/C24H46O3/c1-3-5-7-9-11-12-13-14-16-18-20-24(22-25)27-23-26-21-19-17-15-10-8-6-4-2/h20,22H,3-19,21,23H2,1-2H3. The summed E-state index contributed by atoms with van der Waals surface area (Å²) in [6, 6.07) is 0. The lowest BCUT2D eigenvalue weighted by Gasteiger charge is -2.07. The van der Waals surface area contributed by atoms with Crippen LogP contribution in [0, 0.1) is 0 Å². The van der Waals surface area contributed by atoms with Gasteiger partial charge in [0.1, 0.15) is 0 Å². The number of allylic oxidation sites excluding steroid dienone is 2. The monoisotopic (exact) mass is 382 g/mol. The van der Waals surface area contributed by atoms with Gasteiger partial charge in [0.15, 0.2) is 18.8 Å². The average Bonchev–Trinajstić information content (AvgIpc) is 2.69. The maximum absolute atomic E-state index is 11.0. The topological polar surface area (TPSA) is 35.5 Å². The maximum atomic E-state index is 11.0. The molecule has 0 aromatic carbocycles. The van der Waals surface area contributed by atoms with E-state index >= 15 is 0 Å². The summed E-state index contributed by atoms with van der Waals surface area (Å²) in [6.45, 7) is 5.41. The number of hydrogen-bond donors (Lipinski definition) is 0. The lowest BCUT2D eigenvalue weighted by Crippen LogP contribution is -2.02. The second-order valence-electron chi connectivity index (χ2n) is 7.63. The third-order valence-corrected chi connectivity index (χ3v) is 4.97. The van der Waals surface area contributed by atoms with E-state index in [9.17, 15) is 4.79 Å². The number of unbranched alkanes of at least 4 members (excludes halogenated alkanes) is 15. The van der Waals surface area contributed by atoms with Gasteiger partial charge in [-0.3, -0.25) is 4.79 Å². The molecule has 0 saturated heterocycles. The van der Waals surface area contributed by atoms with E-state index in [0.29, 0.717) is 5.76 Å². The number of hydrogen-bond acceptors (Lipinski definition) is 3. The van der Waals surface area contributed by atoms with E-state index < -0.39 is 0 Å². The SMILES string of the molecule is CCCCCCCCCCCC=C(C=O)OCOCCCCCCCCC. The van der Waals surface area contributed by atoms with Crippen LogP contribution in [0.2, 0.25) is 0 Å². The molecule has 27 heavy (non-hydrogen) atoms. The van der Waals surface area contributed by atoms with Crippen LogP contribution in [0.4, 0.5) is 0 Å². The largest absolute Gasteiger partial charge is 0.464 e. The van der Waals surface area contributed by atoms with Crippen molar-refractivity contribution in [2.75, 3.05) is 13.4 Å². The Morgan fingerprint density at radius 3 is 1.67 bits per heavy atom. The van der Waals surface area contributed by atoms with E-state index in [0.717, 1.165) is 32.2 Å². The molecule has 0 spiro atoms. The first-order valence-electron chi connectivity index (χ1n) is 11.7. The Kier molecular flexibility index (Phi) is 22.5. The van der Waals surface area contributed by atoms with Crippen LogP contribution in [-0.2, 0) is 14.3 Å². The predicted molar refractivity (Wildman–Crippen MR) is 116 cm³/mol. The number of carbonyl (C=O) groups is 1. The summed E-state index contributed by atoms with van der Waals surface area (Å²) in [4.78, 5) is 11.0. The van der Waals surface area contributed by atoms with Gasteiger partial charge < -0.3 is 9.47 Å². The Labute approximate surface area is 169 Å². The van der Waals surface area contributed by atoms with Gasteiger partial charge in [-0.2, -0.15) is 0 Å². The molecule has 0 bridgehead atoms. The van der Waals surface area contributed by atoms with Crippen molar-refractivity contribution in [3.63, 3.8) is 0 Å². The minimum atomic E-state index is 0.193. The fraction of sp³-hybridized carbons (Fsp3) is 0.875. The summed E-state index contributed by atoms with van der Waals surface area (Å²) in [5, 5.41) is 0. The quantitative estimate of drug-likeness (QED) is 0.0631. The summed E-state index contributed by atoms with van der Waals surface area (Å²) in [5.74, 6) is 0.425. The highest BCUT2D eigenvalue weighted by atomic mass is 16.7. The van der Waals surface area contributed by atoms with Crippen LogP contribution in [0.1, 0.15) is 123 Å². The highest BCUT2D eigenvalue weighted by molar-refractivity contribution is 5.69. The third kappa shape index (κ3) is 21.3. The minimum Gasteiger partial charge on any atom is -0.464 e. The Bertz CT molecular complexity index is 326. The van der Waals surface area contributed by atoms with Crippen molar-refractivity contribution >= 4 is 6.29 Å². The molecule has 0 saturated carbocycles. The molecule has 0 atom stereocenters. The molecule has 0 N–H and O–H groups in total. The first-order valence-corrected chi connectivity index (χ1v) is 11.7. The zero-order valence-corrected chi connectivity index (χ0v) is 18.3. The molecule has 0 aromatic heterocycles. The van der Waals surface area contributed by atoms with Crippen LogP contribution in [0.15, 0.2) is 11.8 Å². The average molecular weight is 383 g/mol. The van der Waals surface area contributed by atoms with Gasteiger partial charge in [0.05, 0.1) is 6.61 Å². The smallest absolute Gasteiger partial charge is 0.189 e. The Balaban J connectivity index is 3.40. The molecule has 0 heterocycles. The van der Waals surface area contributed by atoms with Crippen molar-refractivity contribution in [2.45, 2.75) is 123 Å². The molecule has 0 aliphatic rings. The van der Waals surface area contributed by atoms with E-state index in [-0.39, 0.29) is 6.79 Å². The van der Waals surface area contributed by atoms with Gasteiger partial charge in [0, 0.05) is 0 Å². The van der Waals surface area contributed by atoms with Crippen LogP contribution < -0.4 is 0 Å². The predicted octanol–water partition coefficient (Wildman–Crippen LogP) is 7.73. The zero-order chi connectivity index (χ0) is 19.8. The molecule has 0 aliphatic heterocycles. The first kappa shape index (κ1) is 26.2. The van der Waals surface area contributed by atoms with E-state index in [2.05, 4.69) is 13.8 Å². The van der Waals surface area contributed by atoms with Crippen molar-refractivity contribution in [3.05, 3.63) is 11.8 Å². The van der Waals surface area contributed by atoms with Gasteiger partial charge >= 0.3 is 0 Å². The van der Waals surface area contributed by atoms with E-state index in [4.69, 9.17) is 9.47 Å². The molecule has 0 aromatic rings. The molecule has 0 fully saturated rings. The van der Waals surface area contributed by atoms with Crippen LogP contribution >= 0.6 is 0 Å². The van der Waals surface area contributed by atoms with Crippen LogP contribution in [0.25, 0.3) is 0 Å². The molecule has 3 nitrogen and oxygen atoms in total. The van der Waals surface area contributed by atoms with Gasteiger partial charge in [0.2, 0.25) is 0 Å². The summed E-state index contributed by atoms with van der Waals surface area (Å²) in [5.41, 5.74) is 0. The first-order chi connectivity index (χ1) is 13.3. The van der Waals surface area contributed by atoms with E-state index in [1.807, 2.05) is 6.08 Å². The zero-order valence-electron chi connectivity index (χ0n) is 18.3. The van der Waals surface area contributed by atoms with Gasteiger partial charge in [0.25, 0.3) is 0 Å². The molecule has 0 amide bonds. The van der Waals surface area contributed by atoms with Gasteiger partial charge in [-0.05, 0) is 25.3 Å². The molecular formula is C24H46O3. The molecular weight excluding hydrogens is 336 g/mol. The van der Waals surface area contributed by atoms with Gasteiger partial charge in [-0.15, -0.1) is 0 Å². The number of carbonyl (C=O) groups excluding carboxylic acids is 1. The molecule has 0 radical (unpaired) electrons. The van der Waals surface area contributed by atoms with Crippen molar-refractivity contribution in [1.82, 2.24) is 0 Å². The van der Waals surface area contributed by atoms with Crippen molar-refractivity contribution < 1.29 is 14.3 Å². The van der Waals surface area contributed by atoms with Crippen LogP contribution in [-0.4, -0.2) is 19.7 Å². The number of aldehydes is 1. The third-order valence-electron chi connectivity index (χ3n) is 4.97. The summed E-state index contributed by atoms with van der Waals surface area (Å²) < 4.78 is 10.9. The molecule has 160 valence electrons. The Morgan fingerprint density at radius 2 is 1.15 bits per heavy atom. The minimum absolute atomic E-state index is 0.193. The van der Waals surface area contributed by atoms with Crippen molar-refractivity contribution in [3.8, 4) is 0 Å². The molecule has 0 aliphatic carbocycles. The summed E-state index contributed by atoms with van der Waals surface area (Å²) >= 11 is 0. The Morgan fingerprint density at radius 1 is 0.667 bits per heavy atom. The number of ether oxygens (including phenoxy) is 2. The lowest BCUT2D eigenvalue weighted by molar-refractivity contribution is -0.111.